The first-order valence-electron chi connectivity index (χ1n) is 11.5. The van der Waals surface area contributed by atoms with E-state index in [1.165, 1.54) is 43.9 Å². The second-order valence-electron chi connectivity index (χ2n) is 9.49. The molecule has 2 aromatic rings. The molecule has 166 valence electrons. The van der Waals surface area contributed by atoms with Crippen molar-refractivity contribution < 1.29 is 4.74 Å². The van der Waals surface area contributed by atoms with Gasteiger partial charge in [-0.3, -0.25) is 19.6 Å². The molecule has 1 aromatic heterocycles. The fourth-order valence-electron chi connectivity index (χ4n) is 6.30. The number of likely N-dealkylation sites (tertiary alicyclic amines) is 1. The zero-order valence-electron chi connectivity index (χ0n) is 18.2. The second kappa shape index (κ2) is 8.63. The molecule has 4 atom stereocenters. The molecule has 0 saturated carbocycles. The van der Waals surface area contributed by atoms with Crippen LogP contribution in [0, 0.1) is 11.8 Å². The number of methoxy groups -OCH3 is 1. The molecule has 3 saturated heterocycles. The number of hydrogen-bond donors (Lipinski definition) is 2. The van der Waals surface area contributed by atoms with Gasteiger partial charge in [-0.1, -0.05) is 18.6 Å². The normalized spacial score (nSPS) is 28.8. The molecule has 0 unspecified atom stereocenters. The first-order valence-corrected chi connectivity index (χ1v) is 11.5. The van der Waals surface area contributed by atoms with Crippen molar-refractivity contribution >= 4 is 0 Å². The fraction of sp³-hybridized carbons (Fsp3) is 0.583. The molecule has 3 aliphatic rings. The van der Waals surface area contributed by atoms with Gasteiger partial charge in [0.15, 0.2) is 0 Å². The van der Waals surface area contributed by atoms with E-state index in [4.69, 9.17) is 4.74 Å². The maximum absolute atomic E-state index is 11.7. The van der Waals surface area contributed by atoms with Crippen LogP contribution in [-0.2, 0) is 13.0 Å². The average Bonchev–Trinajstić information content (AvgIpc) is 2.76. The molecule has 0 amide bonds. The molecule has 0 aliphatic carbocycles. The SMILES string of the molecule is COc1cccc(C[C@H]2[C@H]3C[C@H](CN(Cc4cc(=O)[nH]c(=O)[nH]4)C3)[C@@H]3CCCCN32)c1. The van der Waals surface area contributed by atoms with E-state index in [0.29, 0.717) is 36.2 Å². The third kappa shape index (κ3) is 4.34. The standard InChI is InChI=1S/C24H32N4O3/c1-31-20-6-4-5-16(9-20)10-22-18-11-17(21-7-2-3-8-28(21)22)13-27(14-18)15-19-12-23(29)26-24(30)25-19/h4-6,9,12,17-18,21-22H,2-3,7-8,10-11,13-15H2,1H3,(H2,25,26,29,30)/t17-,18+,21+,22+/m1/s1. The minimum absolute atomic E-state index is 0.328. The number of nitrogens with one attached hydrogen (secondary N) is 2. The van der Waals surface area contributed by atoms with Crippen LogP contribution in [0.3, 0.4) is 0 Å². The van der Waals surface area contributed by atoms with Gasteiger partial charge in [0.25, 0.3) is 5.56 Å². The van der Waals surface area contributed by atoms with Crippen LogP contribution in [0.1, 0.15) is 36.9 Å². The van der Waals surface area contributed by atoms with Crippen LogP contribution >= 0.6 is 0 Å². The van der Waals surface area contributed by atoms with E-state index in [1.54, 1.807) is 7.11 Å². The summed E-state index contributed by atoms with van der Waals surface area (Å²) in [6, 6.07) is 11.2. The van der Waals surface area contributed by atoms with E-state index in [1.807, 2.05) is 6.07 Å². The summed E-state index contributed by atoms with van der Waals surface area (Å²) in [5.41, 5.74) is 1.29. The van der Waals surface area contributed by atoms with Crippen molar-refractivity contribution in [1.29, 1.82) is 0 Å². The number of H-pyrrole nitrogens is 2. The number of aromatic amines is 2. The maximum atomic E-state index is 11.7. The van der Waals surface area contributed by atoms with Gasteiger partial charge in [0.2, 0.25) is 0 Å². The van der Waals surface area contributed by atoms with E-state index >= 15 is 0 Å². The molecule has 0 radical (unpaired) electrons. The summed E-state index contributed by atoms with van der Waals surface area (Å²) in [6.45, 7) is 3.88. The van der Waals surface area contributed by atoms with Gasteiger partial charge in [-0.25, -0.2) is 4.79 Å². The van der Waals surface area contributed by atoms with Crippen molar-refractivity contribution in [2.24, 2.45) is 11.8 Å². The lowest BCUT2D eigenvalue weighted by molar-refractivity contribution is -0.0731. The van der Waals surface area contributed by atoms with Gasteiger partial charge in [0.1, 0.15) is 5.75 Å². The smallest absolute Gasteiger partial charge is 0.325 e. The maximum Gasteiger partial charge on any atom is 0.325 e. The highest BCUT2D eigenvalue weighted by Gasteiger charge is 2.46. The monoisotopic (exact) mass is 424 g/mol. The van der Waals surface area contributed by atoms with Gasteiger partial charge in [0, 0.05) is 43.5 Å². The number of hydrogen-bond acceptors (Lipinski definition) is 5. The van der Waals surface area contributed by atoms with Crippen LogP contribution in [-0.4, -0.2) is 58.6 Å². The molecule has 2 N–H and O–H groups in total. The van der Waals surface area contributed by atoms with Crippen molar-refractivity contribution in [1.82, 2.24) is 19.8 Å². The Balaban J connectivity index is 1.39. The third-order valence-corrected chi connectivity index (χ3v) is 7.49. The minimum atomic E-state index is -0.422. The molecular formula is C24H32N4O3. The number of piperidine rings is 3. The van der Waals surface area contributed by atoms with Gasteiger partial charge in [-0.15, -0.1) is 0 Å². The topological polar surface area (TPSA) is 81.4 Å². The van der Waals surface area contributed by atoms with Crippen LogP contribution in [0.4, 0.5) is 0 Å². The number of rotatable bonds is 5. The number of benzene rings is 1. The van der Waals surface area contributed by atoms with E-state index in [2.05, 4.69) is 38.0 Å². The summed E-state index contributed by atoms with van der Waals surface area (Å²) in [4.78, 5) is 33.8. The highest BCUT2D eigenvalue weighted by molar-refractivity contribution is 5.29. The first-order chi connectivity index (χ1) is 15.1. The Morgan fingerprint density at radius 3 is 2.81 bits per heavy atom. The van der Waals surface area contributed by atoms with Crippen molar-refractivity contribution in [2.45, 2.75) is 50.7 Å². The Bertz CT molecular complexity index is 1000. The van der Waals surface area contributed by atoms with Gasteiger partial charge < -0.3 is 9.72 Å². The molecule has 7 heteroatoms. The predicted molar refractivity (Wildman–Crippen MR) is 119 cm³/mol. The van der Waals surface area contributed by atoms with Crippen LogP contribution in [0.2, 0.25) is 0 Å². The first kappa shape index (κ1) is 20.5. The Morgan fingerprint density at radius 2 is 1.97 bits per heavy atom. The second-order valence-corrected chi connectivity index (χ2v) is 9.49. The number of fused-ring (bicyclic) bond motifs is 4. The number of nitrogens with zero attached hydrogens (tertiary/aromatic N) is 2. The molecule has 3 fully saturated rings. The number of ether oxygens (including phenoxy) is 1. The molecule has 5 rings (SSSR count). The van der Waals surface area contributed by atoms with E-state index in [0.717, 1.165) is 25.3 Å². The van der Waals surface area contributed by atoms with Gasteiger partial charge in [0.05, 0.1) is 7.11 Å². The Morgan fingerprint density at radius 1 is 1.10 bits per heavy atom. The molecule has 31 heavy (non-hydrogen) atoms. The summed E-state index contributed by atoms with van der Waals surface area (Å²) in [7, 11) is 1.73. The van der Waals surface area contributed by atoms with E-state index in [-0.39, 0.29) is 5.56 Å². The van der Waals surface area contributed by atoms with Crippen molar-refractivity contribution in [2.75, 3.05) is 26.7 Å². The van der Waals surface area contributed by atoms with Crippen LogP contribution in [0.5, 0.6) is 5.75 Å². The van der Waals surface area contributed by atoms with E-state index in [9.17, 15) is 9.59 Å². The quantitative estimate of drug-likeness (QED) is 0.767. The summed E-state index contributed by atoms with van der Waals surface area (Å²) in [6.07, 6.45) is 6.21. The molecular weight excluding hydrogens is 392 g/mol. The van der Waals surface area contributed by atoms with Gasteiger partial charge in [-0.2, -0.15) is 0 Å². The van der Waals surface area contributed by atoms with Gasteiger partial charge >= 0.3 is 5.69 Å². The fourth-order valence-corrected chi connectivity index (χ4v) is 6.30. The van der Waals surface area contributed by atoms with Crippen LogP contribution < -0.4 is 16.0 Å². The molecule has 3 aliphatic heterocycles. The summed E-state index contributed by atoms with van der Waals surface area (Å²) >= 11 is 0. The molecule has 1 aromatic carbocycles. The molecule has 2 bridgehead atoms. The summed E-state index contributed by atoms with van der Waals surface area (Å²) < 4.78 is 5.46. The summed E-state index contributed by atoms with van der Waals surface area (Å²) in [5, 5.41) is 0. The van der Waals surface area contributed by atoms with Crippen LogP contribution in [0.25, 0.3) is 0 Å². The van der Waals surface area contributed by atoms with Gasteiger partial charge in [-0.05, 0) is 61.8 Å². The largest absolute Gasteiger partial charge is 0.497 e. The Kier molecular flexibility index (Phi) is 5.71. The van der Waals surface area contributed by atoms with Crippen molar-refractivity contribution in [3.8, 4) is 5.75 Å². The molecule has 7 nitrogen and oxygen atoms in total. The predicted octanol–water partition coefficient (Wildman–Crippen LogP) is 1.99. The molecule has 4 heterocycles. The Labute approximate surface area is 182 Å². The lowest BCUT2D eigenvalue weighted by Crippen LogP contribution is -2.63. The number of aromatic nitrogens is 2. The molecule has 0 spiro atoms. The highest BCUT2D eigenvalue weighted by atomic mass is 16.5. The minimum Gasteiger partial charge on any atom is -0.497 e. The van der Waals surface area contributed by atoms with Crippen LogP contribution in [0.15, 0.2) is 39.9 Å². The average molecular weight is 425 g/mol. The lowest BCUT2D eigenvalue weighted by atomic mass is 9.71. The lowest BCUT2D eigenvalue weighted by Gasteiger charge is -2.57. The van der Waals surface area contributed by atoms with E-state index < -0.39 is 5.69 Å². The van der Waals surface area contributed by atoms with Crippen molar-refractivity contribution in [3.05, 3.63) is 62.4 Å². The Hall–Kier alpha value is -2.38. The third-order valence-electron chi connectivity index (χ3n) is 7.49. The van der Waals surface area contributed by atoms with Crippen molar-refractivity contribution in [3.63, 3.8) is 0 Å². The highest BCUT2D eigenvalue weighted by Crippen LogP contribution is 2.42. The zero-order valence-corrected chi connectivity index (χ0v) is 18.2. The summed E-state index contributed by atoms with van der Waals surface area (Å²) in [5.74, 6) is 2.17. The zero-order chi connectivity index (χ0) is 21.4.